The SMILES string of the molecule is NCCCNc1c2c(nc3ccccc13)CCCCCC2. The highest BCUT2D eigenvalue weighted by molar-refractivity contribution is 5.93. The Labute approximate surface area is 127 Å². The number of hydrogen-bond acceptors (Lipinski definition) is 3. The van der Waals surface area contributed by atoms with Crippen molar-refractivity contribution >= 4 is 16.6 Å². The third-order valence-corrected chi connectivity index (χ3v) is 4.35. The van der Waals surface area contributed by atoms with E-state index < -0.39 is 0 Å². The molecule has 0 bridgehead atoms. The van der Waals surface area contributed by atoms with E-state index in [2.05, 4.69) is 29.6 Å². The number of nitrogens with zero attached hydrogens (tertiary/aromatic N) is 1. The number of fused-ring (bicyclic) bond motifs is 2. The minimum absolute atomic E-state index is 0.734. The molecule has 0 amide bonds. The summed E-state index contributed by atoms with van der Waals surface area (Å²) in [5, 5.41) is 4.90. The quantitative estimate of drug-likeness (QED) is 0.842. The molecule has 3 heteroatoms. The third-order valence-electron chi connectivity index (χ3n) is 4.35. The maximum absolute atomic E-state index is 5.64. The summed E-state index contributed by atoms with van der Waals surface area (Å²) in [7, 11) is 0. The number of benzene rings is 1. The molecule has 21 heavy (non-hydrogen) atoms. The zero-order valence-corrected chi connectivity index (χ0v) is 12.7. The second-order valence-electron chi connectivity index (χ2n) is 5.91. The van der Waals surface area contributed by atoms with Gasteiger partial charge in [0, 0.05) is 23.3 Å². The molecule has 0 saturated carbocycles. The van der Waals surface area contributed by atoms with Crippen molar-refractivity contribution in [2.45, 2.75) is 44.9 Å². The minimum atomic E-state index is 0.734. The van der Waals surface area contributed by atoms with Gasteiger partial charge in [0.25, 0.3) is 0 Å². The van der Waals surface area contributed by atoms with E-state index in [-0.39, 0.29) is 0 Å². The van der Waals surface area contributed by atoms with Crippen molar-refractivity contribution in [1.29, 1.82) is 0 Å². The average molecular weight is 283 g/mol. The molecule has 0 spiro atoms. The summed E-state index contributed by atoms with van der Waals surface area (Å²) in [6, 6.07) is 8.50. The standard InChI is InChI=1S/C18H25N3/c19-12-7-13-20-18-14-8-3-1-2-4-10-16(14)21-17-11-6-5-9-15(17)18/h5-6,9,11H,1-4,7-8,10,12-13,19H2,(H,20,21). The van der Waals surface area contributed by atoms with Crippen molar-refractivity contribution in [2.24, 2.45) is 5.73 Å². The first-order chi connectivity index (χ1) is 10.4. The molecule has 0 unspecified atom stereocenters. The molecule has 0 aliphatic heterocycles. The van der Waals surface area contributed by atoms with Gasteiger partial charge in [-0.05, 0) is 50.3 Å². The summed E-state index contributed by atoms with van der Waals surface area (Å²) >= 11 is 0. The van der Waals surface area contributed by atoms with Crippen LogP contribution in [0.15, 0.2) is 24.3 Å². The molecule has 1 aromatic carbocycles. The van der Waals surface area contributed by atoms with Crippen LogP contribution in [0.1, 0.15) is 43.4 Å². The molecule has 0 radical (unpaired) electrons. The molecule has 112 valence electrons. The van der Waals surface area contributed by atoms with Gasteiger partial charge >= 0.3 is 0 Å². The van der Waals surface area contributed by atoms with Gasteiger partial charge in [-0.2, -0.15) is 0 Å². The molecular formula is C18H25N3. The van der Waals surface area contributed by atoms with E-state index in [1.54, 1.807) is 0 Å². The normalized spacial score (nSPS) is 15.3. The lowest BCUT2D eigenvalue weighted by molar-refractivity contribution is 0.610. The van der Waals surface area contributed by atoms with Gasteiger partial charge in [0.15, 0.2) is 0 Å². The zero-order valence-electron chi connectivity index (χ0n) is 12.7. The first-order valence-electron chi connectivity index (χ1n) is 8.24. The van der Waals surface area contributed by atoms with Crippen LogP contribution in [0.4, 0.5) is 5.69 Å². The fourth-order valence-electron chi connectivity index (χ4n) is 3.24. The van der Waals surface area contributed by atoms with Gasteiger partial charge in [0.05, 0.1) is 5.52 Å². The van der Waals surface area contributed by atoms with E-state index in [9.17, 15) is 0 Å². The molecule has 1 aliphatic carbocycles. The maximum atomic E-state index is 5.64. The van der Waals surface area contributed by atoms with Gasteiger partial charge in [-0.1, -0.05) is 31.0 Å². The highest BCUT2D eigenvalue weighted by atomic mass is 14.9. The van der Waals surface area contributed by atoms with Crippen LogP contribution in [-0.2, 0) is 12.8 Å². The van der Waals surface area contributed by atoms with Gasteiger partial charge < -0.3 is 11.1 Å². The van der Waals surface area contributed by atoms with E-state index in [4.69, 9.17) is 10.7 Å². The molecule has 1 aliphatic rings. The number of pyridine rings is 1. The number of nitrogens with one attached hydrogen (secondary N) is 1. The monoisotopic (exact) mass is 283 g/mol. The largest absolute Gasteiger partial charge is 0.384 e. The van der Waals surface area contributed by atoms with Gasteiger partial charge in [0.2, 0.25) is 0 Å². The Morgan fingerprint density at radius 1 is 1.05 bits per heavy atom. The Kier molecular flexibility index (Phi) is 4.71. The molecule has 0 saturated heterocycles. The first kappa shape index (κ1) is 14.3. The van der Waals surface area contributed by atoms with Crippen molar-refractivity contribution < 1.29 is 0 Å². The molecule has 2 aromatic rings. The Hall–Kier alpha value is -1.61. The van der Waals surface area contributed by atoms with Crippen LogP contribution in [0.2, 0.25) is 0 Å². The van der Waals surface area contributed by atoms with Crippen molar-refractivity contribution in [2.75, 3.05) is 18.4 Å². The second kappa shape index (κ2) is 6.90. The Balaban J connectivity index is 2.06. The number of aryl methyl sites for hydroxylation is 1. The van der Waals surface area contributed by atoms with E-state index in [0.29, 0.717) is 0 Å². The fourth-order valence-corrected chi connectivity index (χ4v) is 3.24. The lowest BCUT2D eigenvalue weighted by Crippen LogP contribution is -2.13. The molecule has 1 aromatic heterocycles. The van der Waals surface area contributed by atoms with Crippen molar-refractivity contribution in [3.8, 4) is 0 Å². The predicted molar refractivity (Wildman–Crippen MR) is 89.8 cm³/mol. The van der Waals surface area contributed by atoms with Crippen LogP contribution in [-0.4, -0.2) is 18.1 Å². The van der Waals surface area contributed by atoms with E-state index in [0.717, 1.165) is 37.9 Å². The summed E-state index contributed by atoms with van der Waals surface area (Å²) in [4.78, 5) is 4.94. The summed E-state index contributed by atoms with van der Waals surface area (Å²) < 4.78 is 0. The average Bonchev–Trinajstić information content (AvgIpc) is 2.48. The lowest BCUT2D eigenvalue weighted by atomic mass is 9.94. The van der Waals surface area contributed by atoms with Gasteiger partial charge in [-0.3, -0.25) is 4.98 Å². The Bertz CT molecular complexity index is 607. The molecule has 1 heterocycles. The smallest absolute Gasteiger partial charge is 0.0726 e. The van der Waals surface area contributed by atoms with Crippen LogP contribution in [0.3, 0.4) is 0 Å². The van der Waals surface area contributed by atoms with Crippen LogP contribution < -0.4 is 11.1 Å². The van der Waals surface area contributed by atoms with E-state index in [1.165, 1.54) is 48.0 Å². The summed E-state index contributed by atoms with van der Waals surface area (Å²) in [6.07, 6.45) is 8.49. The zero-order chi connectivity index (χ0) is 14.5. The van der Waals surface area contributed by atoms with Gasteiger partial charge in [0.1, 0.15) is 0 Å². The van der Waals surface area contributed by atoms with Crippen molar-refractivity contribution in [3.63, 3.8) is 0 Å². The molecule has 3 nitrogen and oxygen atoms in total. The summed E-state index contributed by atoms with van der Waals surface area (Å²) in [6.45, 7) is 1.68. The van der Waals surface area contributed by atoms with Crippen LogP contribution in [0, 0.1) is 0 Å². The summed E-state index contributed by atoms with van der Waals surface area (Å²) in [5.41, 5.74) is 10.8. The molecule has 3 rings (SSSR count). The fraction of sp³-hybridized carbons (Fsp3) is 0.500. The van der Waals surface area contributed by atoms with E-state index in [1.807, 2.05) is 0 Å². The Morgan fingerprint density at radius 2 is 1.86 bits per heavy atom. The van der Waals surface area contributed by atoms with Crippen molar-refractivity contribution in [3.05, 3.63) is 35.5 Å². The first-order valence-corrected chi connectivity index (χ1v) is 8.24. The van der Waals surface area contributed by atoms with E-state index >= 15 is 0 Å². The molecule has 0 fully saturated rings. The van der Waals surface area contributed by atoms with Gasteiger partial charge in [-0.25, -0.2) is 0 Å². The highest BCUT2D eigenvalue weighted by Crippen LogP contribution is 2.32. The minimum Gasteiger partial charge on any atom is -0.384 e. The number of rotatable bonds is 4. The predicted octanol–water partition coefficient (Wildman–Crippen LogP) is 3.65. The molecule has 0 atom stereocenters. The number of hydrogen-bond donors (Lipinski definition) is 2. The van der Waals surface area contributed by atoms with Crippen LogP contribution >= 0.6 is 0 Å². The number of aromatic nitrogens is 1. The Morgan fingerprint density at radius 3 is 2.71 bits per heavy atom. The van der Waals surface area contributed by atoms with Crippen LogP contribution in [0.25, 0.3) is 10.9 Å². The number of nitrogens with two attached hydrogens (primary N) is 1. The maximum Gasteiger partial charge on any atom is 0.0726 e. The number of para-hydroxylation sites is 1. The third kappa shape index (κ3) is 3.18. The lowest BCUT2D eigenvalue weighted by Gasteiger charge is -2.20. The van der Waals surface area contributed by atoms with Crippen molar-refractivity contribution in [1.82, 2.24) is 4.98 Å². The second-order valence-corrected chi connectivity index (χ2v) is 5.91. The summed E-state index contributed by atoms with van der Waals surface area (Å²) in [5.74, 6) is 0. The highest BCUT2D eigenvalue weighted by Gasteiger charge is 2.16. The molecule has 3 N–H and O–H groups in total. The molecular weight excluding hydrogens is 258 g/mol. The van der Waals surface area contributed by atoms with Crippen LogP contribution in [0.5, 0.6) is 0 Å². The topological polar surface area (TPSA) is 50.9 Å². The number of anilines is 1. The van der Waals surface area contributed by atoms with Gasteiger partial charge in [-0.15, -0.1) is 0 Å².